The summed E-state index contributed by atoms with van der Waals surface area (Å²) >= 11 is 5.96. The Labute approximate surface area is 164 Å². The zero-order valence-corrected chi connectivity index (χ0v) is 15.5. The van der Waals surface area contributed by atoms with Gasteiger partial charge < -0.3 is 14.4 Å². The van der Waals surface area contributed by atoms with Gasteiger partial charge in [-0.2, -0.15) is 0 Å². The van der Waals surface area contributed by atoms with Gasteiger partial charge in [-0.05, 0) is 23.8 Å². The van der Waals surface area contributed by atoms with Gasteiger partial charge in [0.05, 0.1) is 18.3 Å². The van der Waals surface area contributed by atoms with E-state index in [1.807, 2.05) is 0 Å². The molecular weight excluding hydrogens is 392 g/mol. The Morgan fingerprint density at radius 3 is 2.79 bits per heavy atom. The number of halogens is 3. The van der Waals surface area contributed by atoms with E-state index in [1.54, 1.807) is 6.07 Å². The number of likely N-dealkylation sites (tertiary alicyclic amines) is 1. The van der Waals surface area contributed by atoms with E-state index in [0.29, 0.717) is 30.0 Å². The number of hydrogen-bond donors (Lipinski definition) is 0. The standard InChI is InChI=1S/C20H16ClF2NO4/c21-17-5-13(22)2-1-11(17)9-27-15-7-24(8-15)20(26)16-4-12-3-14(25)10-28-19(12)6-18(16)23/h1-2,4-6,15H,3,7-10H2. The van der Waals surface area contributed by atoms with Gasteiger partial charge in [0.25, 0.3) is 5.91 Å². The van der Waals surface area contributed by atoms with Crippen LogP contribution in [0.4, 0.5) is 8.78 Å². The molecule has 0 saturated carbocycles. The van der Waals surface area contributed by atoms with Crippen LogP contribution < -0.4 is 4.74 Å². The molecule has 2 aliphatic rings. The number of benzene rings is 2. The molecular formula is C20H16ClF2NO4. The second-order valence-electron chi connectivity index (χ2n) is 6.82. The van der Waals surface area contributed by atoms with Crippen molar-refractivity contribution in [1.82, 2.24) is 4.90 Å². The Hall–Kier alpha value is -2.51. The molecule has 0 aliphatic carbocycles. The van der Waals surface area contributed by atoms with Crippen LogP contribution in [-0.4, -0.2) is 42.4 Å². The van der Waals surface area contributed by atoms with Crippen molar-refractivity contribution >= 4 is 23.3 Å². The summed E-state index contributed by atoms with van der Waals surface area (Å²) in [5.41, 5.74) is 1.08. The van der Waals surface area contributed by atoms with Crippen LogP contribution in [-0.2, 0) is 22.6 Å². The van der Waals surface area contributed by atoms with Crippen molar-refractivity contribution in [3.63, 3.8) is 0 Å². The average molecular weight is 408 g/mol. The average Bonchev–Trinajstić information content (AvgIpc) is 2.61. The molecule has 8 heteroatoms. The number of Topliss-reactive ketones (excluding diaryl/α,β-unsaturated/α-hetero) is 1. The van der Waals surface area contributed by atoms with Crippen LogP contribution in [0.3, 0.4) is 0 Å². The number of fused-ring (bicyclic) bond motifs is 1. The number of rotatable bonds is 4. The predicted octanol–water partition coefficient (Wildman–Crippen LogP) is 3.16. The van der Waals surface area contributed by atoms with Crippen molar-refractivity contribution < 1.29 is 27.8 Å². The summed E-state index contributed by atoms with van der Waals surface area (Å²) < 4.78 is 38.2. The van der Waals surface area contributed by atoms with Crippen LogP contribution in [0.25, 0.3) is 0 Å². The first-order valence-electron chi connectivity index (χ1n) is 8.72. The van der Waals surface area contributed by atoms with E-state index >= 15 is 0 Å². The Morgan fingerprint density at radius 1 is 1.25 bits per heavy atom. The lowest BCUT2D eigenvalue weighted by atomic mass is 10.0. The highest BCUT2D eigenvalue weighted by molar-refractivity contribution is 6.31. The summed E-state index contributed by atoms with van der Waals surface area (Å²) in [5.74, 6) is -1.38. The Morgan fingerprint density at radius 2 is 2.04 bits per heavy atom. The number of ether oxygens (including phenoxy) is 2. The van der Waals surface area contributed by atoms with Gasteiger partial charge in [-0.25, -0.2) is 8.78 Å². The normalized spacial score (nSPS) is 16.4. The lowest BCUT2D eigenvalue weighted by molar-refractivity contribution is -0.121. The van der Waals surface area contributed by atoms with Crippen LogP contribution in [0.2, 0.25) is 5.02 Å². The highest BCUT2D eigenvalue weighted by atomic mass is 35.5. The monoisotopic (exact) mass is 407 g/mol. The van der Waals surface area contributed by atoms with Crippen molar-refractivity contribution in [2.24, 2.45) is 0 Å². The van der Waals surface area contributed by atoms with Gasteiger partial charge in [-0.15, -0.1) is 0 Å². The zero-order valence-electron chi connectivity index (χ0n) is 14.7. The number of carbonyl (C=O) groups excluding carboxylic acids is 2. The molecule has 0 atom stereocenters. The quantitative estimate of drug-likeness (QED) is 0.781. The van der Waals surface area contributed by atoms with Crippen molar-refractivity contribution in [2.45, 2.75) is 19.1 Å². The fourth-order valence-electron chi connectivity index (χ4n) is 3.18. The van der Waals surface area contributed by atoms with Crippen LogP contribution in [0, 0.1) is 11.6 Å². The van der Waals surface area contributed by atoms with Crippen molar-refractivity contribution in [3.05, 3.63) is 63.7 Å². The topological polar surface area (TPSA) is 55.8 Å². The van der Waals surface area contributed by atoms with Gasteiger partial charge in [-0.1, -0.05) is 17.7 Å². The van der Waals surface area contributed by atoms with Gasteiger partial charge >= 0.3 is 0 Å². The minimum atomic E-state index is -0.680. The minimum Gasteiger partial charge on any atom is -0.485 e. The molecule has 1 fully saturated rings. The SMILES string of the molecule is O=C1COc2cc(F)c(C(=O)N3CC(OCc4ccc(F)cc4Cl)C3)cc2C1. The van der Waals surface area contributed by atoms with Gasteiger partial charge in [-0.3, -0.25) is 9.59 Å². The maximum atomic E-state index is 14.3. The molecule has 2 aliphatic heterocycles. The summed E-state index contributed by atoms with van der Waals surface area (Å²) in [5, 5.41) is 0.278. The molecule has 0 spiro atoms. The third-order valence-electron chi connectivity index (χ3n) is 4.78. The summed E-state index contributed by atoms with van der Waals surface area (Å²) in [6, 6.07) is 6.60. The van der Waals surface area contributed by atoms with E-state index in [0.717, 1.165) is 6.07 Å². The van der Waals surface area contributed by atoms with Crippen molar-refractivity contribution in [3.8, 4) is 5.75 Å². The highest BCUT2D eigenvalue weighted by Crippen LogP contribution is 2.29. The molecule has 2 aromatic rings. The molecule has 0 N–H and O–H groups in total. The first-order chi connectivity index (χ1) is 13.4. The molecule has 1 saturated heterocycles. The van der Waals surface area contributed by atoms with Crippen LogP contribution in [0.1, 0.15) is 21.5 Å². The van der Waals surface area contributed by atoms with Gasteiger partial charge in [0.1, 0.15) is 24.0 Å². The smallest absolute Gasteiger partial charge is 0.257 e. The molecule has 0 radical (unpaired) electrons. The maximum absolute atomic E-state index is 14.3. The third kappa shape index (κ3) is 3.72. The van der Waals surface area contributed by atoms with E-state index in [9.17, 15) is 18.4 Å². The summed E-state index contributed by atoms with van der Waals surface area (Å²) in [6.45, 7) is 0.731. The van der Waals surface area contributed by atoms with Crippen LogP contribution in [0.15, 0.2) is 30.3 Å². The third-order valence-corrected chi connectivity index (χ3v) is 5.13. The van der Waals surface area contributed by atoms with E-state index in [1.165, 1.54) is 23.1 Å². The number of hydrogen-bond acceptors (Lipinski definition) is 4. The lowest BCUT2D eigenvalue weighted by Gasteiger charge is -2.39. The minimum absolute atomic E-state index is 0.0804. The molecule has 0 aromatic heterocycles. The molecule has 2 aromatic carbocycles. The Kier molecular flexibility index (Phi) is 5.03. The zero-order chi connectivity index (χ0) is 19.8. The number of carbonyl (C=O) groups is 2. The number of amides is 1. The predicted molar refractivity (Wildman–Crippen MR) is 96.5 cm³/mol. The molecule has 5 nitrogen and oxygen atoms in total. The second kappa shape index (κ2) is 7.48. The summed E-state index contributed by atoms with van der Waals surface area (Å²) in [4.78, 5) is 25.5. The molecule has 0 unspecified atom stereocenters. The Bertz CT molecular complexity index is 959. The van der Waals surface area contributed by atoms with E-state index in [4.69, 9.17) is 21.1 Å². The Balaban J connectivity index is 1.36. The molecule has 0 bridgehead atoms. The van der Waals surface area contributed by atoms with Gasteiger partial charge in [0.15, 0.2) is 5.78 Å². The fraction of sp³-hybridized carbons (Fsp3) is 0.300. The summed E-state index contributed by atoms with van der Waals surface area (Å²) in [6.07, 6.45) is -0.0873. The van der Waals surface area contributed by atoms with Crippen LogP contribution in [0.5, 0.6) is 5.75 Å². The second-order valence-corrected chi connectivity index (χ2v) is 7.23. The number of ketones is 1. The molecule has 1 amide bonds. The van der Waals surface area contributed by atoms with E-state index < -0.39 is 17.5 Å². The molecule has 146 valence electrons. The molecule has 4 rings (SSSR count). The van der Waals surface area contributed by atoms with E-state index in [-0.39, 0.29) is 42.1 Å². The largest absolute Gasteiger partial charge is 0.485 e. The first kappa shape index (κ1) is 18.8. The van der Waals surface area contributed by atoms with Crippen molar-refractivity contribution in [1.29, 1.82) is 0 Å². The van der Waals surface area contributed by atoms with Crippen molar-refractivity contribution in [2.75, 3.05) is 19.7 Å². The molecule has 2 heterocycles. The lowest BCUT2D eigenvalue weighted by Crippen LogP contribution is -2.54. The van der Waals surface area contributed by atoms with Gasteiger partial charge in [0, 0.05) is 36.2 Å². The maximum Gasteiger partial charge on any atom is 0.257 e. The van der Waals surface area contributed by atoms with Gasteiger partial charge in [0.2, 0.25) is 0 Å². The highest BCUT2D eigenvalue weighted by Gasteiger charge is 2.34. The first-order valence-corrected chi connectivity index (χ1v) is 9.10. The van der Waals surface area contributed by atoms with E-state index in [2.05, 4.69) is 0 Å². The summed E-state index contributed by atoms with van der Waals surface area (Å²) in [7, 11) is 0. The molecule has 28 heavy (non-hydrogen) atoms. The fourth-order valence-corrected chi connectivity index (χ4v) is 3.41. The van der Waals surface area contributed by atoms with Crippen LogP contribution >= 0.6 is 11.6 Å². The number of nitrogens with zero attached hydrogens (tertiary/aromatic N) is 1.